The number of benzene rings is 1. The van der Waals surface area contributed by atoms with Gasteiger partial charge in [0.15, 0.2) is 0 Å². The van der Waals surface area contributed by atoms with Gasteiger partial charge in [-0.2, -0.15) is 13.7 Å². The third-order valence-electron chi connectivity index (χ3n) is 2.38. The number of rotatable bonds is 1. The first-order chi connectivity index (χ1) is 7.06. The summed E-state index contributed by atoms with van der Waals surface area (Å²) in [5.74, 6) is 0. The largest absolute Gasteiger partial charge is 0.404 e. The van der Waals surface area contributed by atoms with Gasteiger partial charge in [0.05, 0.1) is 6.42 Å². The number of fused-ring (bicyclic) bond motifs is 1. The van der Waals surface area contributed by atoms with Crippen LogP contribution in [-0.2, 0) is 6.42 Å². The second-order valence-corrected chi connectivity index (χ2v) is 3.42. The summed E-state index contributed by atoms with van der Waals surface area (Å²) in [5, 5.41) is 3.50. The quantitative estimate of drug-likeness (QED) is 0.304. The van der Waals surface area contributed by atoms with Crippen molar-refractivity contribution in [3.63, 3.8) is 0 Å². The van der Waals surface area contributed by atoms with Gasteiger partial charge < -0.3 is 0 Å². The van der Waals surface area contributed by atoms with Gasteiger partial charge in [0.2, 0.25) is 0 Å². The Labute approximate surface area is 84.7 Å². The molecule has 1 heterocycles. The number of aryl methyl sites for hydroxylation is 1. The maximum Gasteiger partial charge on any atom is 0.404 e. The molecule has 0 amide bonds. The van der Waals surface area contributed by atoms with Gasteiger partial charge in [0, 0.05) is 5.56 Å². The molecule has 0 fully saturated rings. The van der Waals surface area contributed by atoms with Crippen LogP contribution in [0.25, 0.3) is 10.4 Å². The van der Waals surface area contributed by atoms with Crippen LogP contribution in [-0.4, -0.2) is 6.05 Å². The molecule has 78 valence electrons. The Morgan fingerprint density at radius 3 is 2.93 bits per heavy atom. The van der Waals surface area contributed by atoms with Gasteiger partial charge in [0.1, 0.15) is 5.69 Å². The fourth-order valence-electron chi connectivity index (χ4n) is 1.78. The SMILES string of the molecule is Cc1cccc2c1N(N=[N+]=[N-])C(F)(F)C2. The Morgan fingerprint density at radius 1 is 1.53 bits per heavy atom. The highest BCUT2D eigenvalue weighted by molar-refractivity contribution is 5.63. The molecule has 0 saturated heterocycles. The number of halogens is 2. The van der Waals surface area contributed by atoms with E-state index in [1.807, 2.05) is 0 Å². The van der Waals surface area contributed by atoms with Crippen molar-refractivity contribution in [2.24, 2.45) is 5.22 Å². The molecule has 0 radical (unpaired) electrons. The van der Waals surface area contributed by atoms with Crippen molar-refractivity contribution in [1.82, 2.24) is 0 Å². The Morgan fingerprint density at radius 2 is 2.27 bits per heavy atom. The van der Waals surface area contributed by atoms with Gasteiger partial charge in [0.25, 0.3) is 0 Å². The molecular weight excluding hydrogens is 202 g/mol. The Hall–Kier alpha value is -1.81. The van der Waals surface area contributed by atoms with Gasteiger partial charge in [-0.05, 0) is 17.7 Å². The molecule has 2 rings (SSSR count). The Balaban J connectivity index is 2.61. The first-order valence-electron chi connectivity index (χ1n) is 4.38. The minimum atomic E-state index is -3.12. The van der Waals surface area contributed by atoms with E-state index in [0.29, 0.717) is 21.8 Å². The number of alkyl halides is 2. The lowest BCUT2D eigenvalue weighted by atomic mass is 10.1. The number of hydrogen-bond acceptors (Lipinski definition) is 1. The minimum absolute atomic E-state index is 0.320. The lowest BCUT2D eigenvalue weighted by molar-refractivity contribution is 0.00736. The van der Waals surface area contributed by atoms with E-state index in [1.54, 1.807) is 25.1 Å². The Kier molecular flexibility index (Phi) is 2.01. The zero-order valence-electron chi connectivity index (χ0n) is 7.98. The summed E-state index contributed by atoms with van der Waals surface area (Å²) in [6.07, 6.45) is -0.414. The number of azide groups is 1. The molecule has 0 unspecified atom stereocenters. The number of nitrogens with zero attached hydrogens (tertiary/aromatic N) is 4. The molecule has 1 aromatic rings. The predicted octanol–water partition coefficient (Wildman–Crippen LogP) is 3.18. The van der Waals surface area contributed by atoms with E-state index in [1.165, 1.54) is 0 Å². The van der Waals surface area contributed by atoms with Crippen LogP contribution in [0, 0.1) is 6.92 Å². The lowest BCUT2D eigenvalue weighted by Gasteiger charge is -2.15. The van der Waals surface area contributed by atoms with Crippen LogP contribution in [0.15, 0.2) is 23.4 Å². The number of hydrogen-bond donors (Lipinski definition) is 0. The molecule has 1 aromatic carbocycles. The van der Waals surface area contributed by atoms with Gasteiger partial charge >= 0.3 is 6.05 Å². The van der Waals surface area contributed by atoms with Gasteiger partial charge in [-0.25, -0.2) is 0 Å². The highest BCUT2D eigenvalue weighted by Crippen LogP contribution is 2.42. The van der Waals surface area contributed by atoms with Gasteiger partial charge in [-0.3, -0.25) is 0 Å². The van der Waals surface area contributed by atoms with E-state index >= 15 is 0 Å². The first kappa shape index (κ1) is 9.73. The third kappa shape index (κ3) is 1.39. The van der Waals surface area contributed by atoms with Crippen LogP contribution in [0.2, 0.25) is 0 Å². The summed E-state index contributed by atoms with van der Waals surface area (Å²) in [4.78, 5) is 2.42. The molecule has 6 heteroatoms. The molecule has 0 saturated carbocycles. The first-order valence-corrected chi connectivity index (χ1v) is 4.38. The minimum Gasteiger partial charge on any atom is -0.169 e. The average molecular weight is 210 g/mol. The highest BCUT2D eigenvalue weighted by Gasteiger charge is 2.50. The summed E-state index contributed by atoms with van der Waals surface area (Å²) in [6, 6.07) is 1.91. The molecule has 0 N–H and O–H groups in total. The topological polar surface area (TPSA) is 52.0 Å². The second-order valence-electron chi connectivity index (χ2n) is 3.42. The maximum absolute atomic E-state index is 13.4. The molecule has 1 aliphatic heterocycles. The summed E-state index contributed by atoms with van der Waals surface area (Å²) in [7, 11) is 0. The van der Waals surface area contributed by atoms with Crippen molar-refractivity contribution < 1.29 is 8.78 Å². The van der Waals surface area contributed by atoms with Gasteiger partial charge in [-0.1, -0.05) is 18.2 Å². The third-order valence-corrected chi connectivity index (χ3v) is 2.38. The smallest absolute Gasteiger partial charge is 0.169 e. The molecule has 0 atom stereocenters. The molecule has 0 aromatic heterocycles. The van der Waals surface area contributed by atoms with Gasteiger partial charge in [-0.15, -0.1) is 10.5 Å². The number of para-hydroxylation sites is 1. The van der Waals surface area contributed by atoms with E-state index in [2.05, 4.69) is 10.1 Å². The van der Waals surface area contributed by atoms with E-state index in [4.69, 9.17) is 5.53 Å². The Bertz CT molecular complexity index is 451. The lowest BCUT2D eigenvalue weighted by Crippen LogP contribution is -2.33. The standard InChI is InChI=1S/C9H8F2N4/c1-6-3-2-4-7-5-9(10,11)15(8(6)7)14-13-12/h2-4H,5H2,1H3. The van der Waals surface area contributed by atoms with Crippen molar-refractivity contribution in [2.45, 2.75) is 19.4 Å². The fourth-order valence-corrected chi connectivity index (χ4v) is 1.78. The molecular formula is C9H8F2N4. The molecule has 0 aliphatic carbocycles. The fraction of sp³-hybridized carbons (Fsp3) is 0.333. The summed E-state index contributed by atoms with van der Waals surface area (Å²) in [6.45, 7) is 1.71. The number of anilines is 1. The van der Waals surface area contributed by atoms with Crippen molar-refractivity contribution in [1.29, 1.82) is 0 Å². The van der Waals surface area contributed by atoms with Crippen LogP contribution >= 0.6 is 0 Å². The molecule has 15 heavy (non-hydrogen) atoms. The van der Waals surface area contributed by atoms with Crippen molar-refractivity contribution in [2.75, 3.05) is 5.01 Å². The van der Waals surface area contributed by atoms with Crippen LogP contribution in [0.3, 0.4) is 0 Å². The summed E-state index contributed by atoms with van der Waals surface area (Å²) in [5.41, 5.74) is 9.76. The second kappa shape index (κ2) is 3.10. The van der Waals surface area contributed by atoms with Crippen molar-refractivity contribution >= 4 is 5.69 Å². The van der Waals surface area contributed by atoms with E-state index in [9.17, 15) is 8.78 Å². The maximum atomic E-state index is 13.4. The van der Waals surface area contributed by atoms with Crippen LogP contribution in [0.4, 0.5) is 14.5 Å². The molecule has 0 bridgehead atoms. The van der Waals surface area contributed by atoms with E-state index in [-0.39, 0.29) is 0 Å². The normalized spacial score (nSPS) is 17.1. The van der Waals surface area contributed by atoms with Crippen LogP contribution in [0.1, 0.15) is 11.1 Å². The van der Waals surface area contributed by atoms with E-state index < -0.39 is 12.5 Å². The average Bonchev–Trinajstić information content (AvgIpc) is 2.39. The van der Waals surface area contributed by atoms with Crippen molar-refractivity contribution in [3.05, 3.63) is 39.8 Å². The zero-order chi connectivity index (χ0) is 11.1. The molecule has 1 aliphatic rings. The van der Waals surface area contributed by atoms with Crippen molar-refractivity contribution in [3.8, 4) is 0 Å². The highest BCUT2D eigenvalue weighted by atomic mass is 19.3. The summed E-state index contributed by atoms with van der Waals surface area (Å²) < 4.78 is 26.9. The summed E-state index contributed by atoms with van der Waals surface area (Å²) >= 11 is 0. The molecule has 4 nitrogen and oxygen atoms in total. The van der Waals surface area contributed by atoms with Crippen LogP contribution in [0.5, 0.6) is 0 Å². The monoisotopic (exact) mass is 210 g/mol. The predicted molar refractivity (Wildman–Crippen MR) is 51.5 cm³/mol. The van der Waals surface area contributed by atoms with Crippen LogP contribution < -0.4 is 5.01 Å². The molecule has 0 spiro atoms. The van der Waals surface area contributed by atoms with E-state index in [0.717, 1.165) is 0 Å². The zero-order valence-corrected chi connectivity index (χ0v) is 7.98.